The Kier molecular flexibility index (Phi) is 5.69. The second kappa shape index (κ2) is 8.02. The van der Waals surface area contributed by atoms with Gasteiger partial charge in [-0.05, 0) is 24.6 Å². The van der Waals surface area contributed by atoms with Crippen LogP contribution in [0.15, 0.2) is 30.5 Å². The zero-order valence-corrected chi connectivity index (χ0v) is 15.8. The van der Waals surface area contributed by atoms with Crippen LogP contribution in [-0.4, -0.2) is 45.5 Å². The molecule has 3 rings (SSSR count). The van der Waals surface area contributed by atoms with Crippen LogP contribution in [0.4, 0.5) is 4.39 Å². The van der Waals surface area contributed by atoms with Crippen LogP contribution in [-0.2, 0) is 39.3 Å². The fourth-order valence-electron chi connectivity index (χ4n) is 3.50. The molecule has 1 aliphatic heterocycles. The van der Waals surface area contributed by atoms with Crippen molar-refractivity contribution < 1.29 is 23.8 Å². The number of halogens is 1. The fourth-order valence-corrected chi connectivity index (χ4v) is 3.50. The summed E-state index contributed by atoms with van der Waals surface area (Å²) in [5.74, 6) is -1.26. The minimum absolute atomic E-state index is 0.303. The second-order valence-electron chi connectivity index (χ2n) is 7.08. The van der Waals surface area contributed by atoms with E-state index in [0.717, 1.165) is 11.3 Å². The van der Waals surface area contributed by atoms with Crippen LogP contribution in [0.2, 0.25) is 0 Å². The van der Waals surface area contributed by atoms with E-state index in [1.54, 1.807) is 25.1 Å². The molecule has 0 saturated carbocycles. The number of rotatable bonds is 6. The van der Waals surface area contributed by atoms with Crippen molar-refractivity contribution in [1.29, 1.82) is 0 Å². The first kappa shape index (κ1) is 19.9. The van der Waals surface area contributed by atoms with Crippen molar-refractivity contribution in [3.05, 3.63) is 58.9 Å². The van der Waals surface area contributed by atoms with Crippen molar-refractivity contribution in [1.82, 2.24) is 14.9 Å². The largest absolute Gasteiger partial charge is 0.481 e. The number of carbonyl (C=O) groups excluding carboxylic acids is 1. The van der Waals surface area contributed by atoms with E-state index in [1.807, 2.05) is 0 Å². The van der Waals surface area contributed by atoms with Crippen molar-refractivity contribution in [2.24, 2.45) is 0 Å². The van der Waals surface area contributed by atoms with E-state index in [4.69, 9.17) is 4.74 Å². The summed E-state index contributed by atoms with van der Waals surface area (Å²) in [4.78, 5) is 35.1. The van der Waals surface area contributed by atoms with Crippen molar-refractivity contribution in [2.75, 3.05) is 13.7 Å². The molecule has 1 aromatic carbocycles. The van der Waals surface area contributed by atoms with Gasteiger partial charge in [0.1, 0.15) is 12.4 Å². The van der Waals surface area contributed by atoms with Crippen LogP contribution in [0.3, 0.4) is 0 Å². The van der Waals surface area contributed by atoms with Gasteiger partial charge in [0.15, 0.2) is 5.82 Å². The first-order valence-electron chi connectivity index (χ1n) is 8.93. The monoisotopic (exact) mass is 387 g/mol. The Morgan fingerprint density at radius 1 is 1.32 bits per heavy atom. The van der Waals surface area contributed by atoms with E-state index < -0.39 is 17.2 Å². The van der Waals surface area contributed by atoms with E-state index in [0.29, 0.717) is 37.5 Å². The number of hydrogen-bond acceptors (Lipinski definition) is 5. The number of aliphatic carboxylic acids is 1. The second-order valence-corrected chi connectivity index (χ2v) is 7.08. The lowest BCUT2D eigenvalue weighted by Crippen LogP contribution is -2.48. The molecule has 28 heavy (non-hydrogen) atoms. The molecule has 1 unspecified atom stereocenters. The molecule has 0 spiro atoms. The van der Waals surface area contributed by atoms with Gasteiger partial charge in [-0.2, -0.15) is 0 Å². The van der Waals surface area contributed by atoms with Crippen LogP contribution >= 0.6 is 0 Å². The van der Waals surface area contributed by atoms with Crippen molar-refractivity contribution in [3.8, 4) is 0 Å². The summed E-state index contributed by atoms with van der Waals surface area (Å²) in [5, 5.41) is 9.37. The van der Waals surface area contributed by atoms with E-state index in [9.17, 15) is 19.1 Å². The summed E-state index contributed by atoms with van der Waals surface area (Å²) in [7, 11) is 1.57. The number of carboxylic acids is 1. The van der Waals surface area contributed by atoms with Gasteiger partial charge in [-0.3, -0.25) is 9.59 Å². The fraction of sp³-hybridized carbons (Fsp3) is 0.400. The molecule has 0 radical (unpaired) electrons. The van der Waals surface area contributed by atoms with Crippen LogP contribution < -0.4 is 0 Å². The highest BCUT2D eigenvalue weighted by Crippen LogP contribution is 2.32. The van der Waals surface area contributed by atoms with E-state index in [1.165, 1.54) is 24.3 Å². The van der Waals surface area contributed by atoms with Crippen molar-refractivity contribution in [3.63, 3.8) is 0 Å². The molecule has 1 atom stereocenters. The number of hydrogen-bond donors (Lipinski definition) is 1. The third kappa shape index (κ3) is 4.01. The average Bonchev–Trinajstić information content (AvgIpc) is 2.67. The highest BCUT2D eigenvalue weighted by molar-refractivity contribution is 5.92. The first-order valence-corrected chi connectivity index (χ1v) is 8.93. The Hall–Kier alpha value is -2.87. The lowest BCUT2D eigenvalue weighted by atomic mass is 9.77. The Bertz CT molecular complexity index is 888. The summed E-state index contributed by atoms with van der Waals surface area (Å²) in [6.07, 6.45) is 1.85. The van der Waals surface area contributed by atoms with Gasteiger partial charge < -0.3 is 14.7 Å². The lowest BCUT2D eigenvalue weighted by molar-refractivity contribution is -0.146. The van der Waals surface area contributed by atoms with Crippen LogP contribution in [0.5, 0.6) is 0 Å². The highest BCUT2D eigenvalue weighted by atomic mass is 19.1. The zero-order valence-electron chi connectivity index (χ0n) is 15.8. The summed E-state index contributed by atoms with van der Waals surface area (Å²) < 4.78 is 18.4. The van der Waals surface area contributed by atoms with E-state index in [-0.39, 0.29) is 12.3 Å². The van der Waals surface area contributed by atoms with Gasteiger partial charge in [0.05, 0.1) is 17.5 Å². The molecule has 0 saturated heterocycles. The number of carboxylic acid groups (broad SMARTS) is 1. The maximum atomic E-state index is 13.3. The minimum atomic E-state index is -1.30. The van der Waals surface area contributed by atoms with E-state index in [2.05, 4.69) is 9.97 Å². The molecule has 7 nitrogen and oxygen atoms in total. The molecule has 0 bridgehead atoms. The van der Waals surface area contributed by atoms with Gasteiger partial charge >= 0.3 is 5.97 Å². The maximum absolute atomic E-state index is 13.3. The van der Waals surface area contributed by atoms with Gasteiger partial charge in [0.2, 0.25) is 5.91 Å². The molecular formula is C20H22FN3O4. The van der Waals surface area contributed by atoms with E-state index >= 15 is 0 Å². The average molecular weight is 387 g/mol. The number of fused-ring (bicyclic) bond motifs is 1. The Labute approximate surface area is 162 Å². The van der Waals surface area contributed by atoms with Crippen molar-refractivity contribution >= 4 is 11.9 Å². The summed E-state index contributed by atoms with van der Waals surface area (Å²) in [6, 6.07) is 5.40. The van der Waals surface area contributed by atoms with Crippen LogP contribution in [0.1, 0.15) is 36.0 Å². The molecule has 148 valence electrons. The van der Waals surface area contributed by atoms with Gasteiger partial charge in [-0.1, -0.05) is 12.1 Å². The summed E-state index contributed by atoms with van der Waals surface area (Å²) >= 11 is 0. The zero-order chi connectivity index (χ0) is 20.3. The first-order chi connectivity index (χ1) is 13.3. The molecule has 1 N–H and O–H groups in total. The van der Waals surface area contributed by atoms with Gasteiger partial charge in [-0.15, -0.1) is 0 Å². The topological polar surface area (TPSA) is 92.6 Å². The summed E-state index contributed by atoms with van der Waals surface area (Å²) in [5.41, 5.74) is 0.872. The standard InChI is InChI=1S/C20H22FN3O4/c1-20(9-18(25)26,14-3-5-15(21)6-4-14)19(27)24-8-7-16-13(11-24)10-22-17(23-16)12-28-2/h3-6,10H,7-9,11-12H2,1-2H3,(H,25,26). The number of ether oxygens (including phenoxy) is 1. The third-order valence-electron chi connectivity index (χ3n) is 5.00. The predicted octanol–water partition coefficient (Wildman–Crippen LogP) is 2.08. The third-order valence-corrected chi connectivity index (χ3v) is 5.00. The molecule has 1 amide bonds. The van der Waals surface area contributed by atoms with Crippen LogP contribution in [0, 0.1) is 5.82 Å². The number of carbonyl (C=O) groups is 2. The number of nitrogens with zero attached hydrogens (tertiary/aromatic N) is 3. The number of methoxy groups -OCH3 is 1. The molecule has 0 aliphatic carbocycles. The number of amides is 1. The molecule has 1 aromatic heterocycles. The molecular weight excluding hydrogens is 365 g/mol. The molecule has 2 aromatic rings. The molecule has 2 heterocycles. The molecule has 0 fully saturated rings. The molecule has 8 heteroatoms. The lowest BCUT2D eigenvalue weighted by Gasteiger charge is -2.36. The quantitative estimate of drug-likeness (QED) is 0.816. The van der Waals surface area contributed by atoms with Gasteiger partial charge in [-0.25, -0.2) is 14.4 Å². The van der Waals surface area contributed by atoms with Crippen LogP contribution in [0.25, 0.3) is 0 Å². The normalized spacial score (nSPS) is 15.6. The SMILES string of the molecule is COCc1ncc2c(n1)CCN(C(=O)C(C)(CC(=O)O)c1ccc(F)cc1)C2. The molecule has 1 aliphatic rings. The van der Waals surface area contributed by atoms with Crippen molar-refractivity contribution in [2.45, 2.75) is 38.3 Å². The Balaban J connectivity index is 1.87. The predicted molar refractivity (Wildman–Crippen MR) is 97.9 cm³/mol. The highest BCUT2D eigenvalue weighted by Gasteiger charge is 2.41. The Morgan fingerprint density at radius 2 is 2.04 bits per heavy atom. The maximum Gasteiger partial charge on any atom is 0.304 e. The smallest absolute Gasteiger partial charge is 0.304 e. The number of aromatic nitrogens is 2. The number of benzene rings is 1. The van der Waals surface area contributed by atoms with Gasteiger partial charge in [0.25, 0.3) is 0 Å². The Morgan fingerprint density at radius 3 is 2.68 bits per heavy atom. The minimum Gasteiger partial charge on any atom is -0.481 e. The summed E-state index contributed by atoms with van der Waals surface area (Å²) in [6.45, 7) is 2.63. The van der Waals surface area contributed by atoms with Gasteiger partial charge in [0, 0.05) is 38.4 Å².